The summed E-state index contributed by atoms with van der Waals surface area (Å²) in [4.78, 5) is 7.04. The molecule has 2 aromatic heterocycles. The molecule has 1 aliphatic carbocycles. The lowest BCUT2D eigenvalue weighted by Gasteiger charge is -2.37. The molecule has 0 spiro atoms. The molecule has 2 fully saturated rings. The minimum atomic E-state index is 0.339. The van der Waals surface area contributed by atoms with Crippen LogP contribution in [0, 0.1) is 12.8 Å². The van der Waals surface area contributed by atoms with Crippen LogP contribution in [0.15, 0.2) is 41.2 Å². The first-order chi connectivity index (χ1) is 12.3. The first kappa shape index (κ1) is 16.8. The fraction of sp³-hybridized carbons (Fsp3) is 0.550. The van der Waals surface area contributed by atoms with Gasteiger partial charge in [-0.05, 0) is 43.9 Å². The number of furan rings is 1. The number of morpholine rings is 1. The average Bonchev–Trinajstić information content (AvgIpc) is 3.25. The summed E-state index contributed by atoms with van der Waals surface area (Å²) in [5.74, 6) is 0.560. The van der Waals surface area contributed by atoms with E-state index in [2.05, 4.69) is 16.0 Å². The van der Waals surface area contributed by atoms with E-state index in [1.54, 1.807) is 6.26 Å². The van der Waals surface area contributed by atoms with Gasteiger partial charge in [-0.2, -0.15) is 0 Å². The van der Waals surface area contributed by atoms with Gasteiger partial charge in [0.1, 0.15) is 0 Å². The van der Waals surface area contributed by atoms with E-state index in [1.807, 2.05) is 31.4 Å². The van der Waals surface area contributed by atoms with Crippen LogP contribution in [0.1, 0.15) is 29.8 Å². The molecule has 2 aromatic rings. The third-order valence-corrected chi connectivity index (χ3v) is 5.26. The highest BCUT2D eigenvalue weighted by Gasteiger charge is 2.40. The zero-order chi connectivity index (χ0) is 17.1. The monoisotopic (exact) mass is 342 g/mol. The number of pyridine rings is 1. The van der Waals surface area contributed by atoms with E-state index < -0.39 is 0 Å². The van der Waals surface area contributed by atoms with Gasteiger partial charge in [0.05, 0.1) is 44.1 Å². The largest absolute Gasteiger partial charge is 0.472 e. The zero-order valence-electron chi connectivity index (χ0n) is 14.8. The Bertz CT molecular complexity index is 673. The Morgan fingerprint density at radius 1 is 1.28 bits per heavy atom. The number of rotatable bonds is 6. The molecule has 5 nitrogen and oxygen atoms in total. The second kappa shape index (κ2) is 7.68. The lowest BCUT2D eigenvalue weighted by molar-refractivity contribution is -0.0591. The topological polar surface area (TPSA) is 47.7 Å². The fourth-order valence-electron chi connectivity index (χ4n) is 4.09. The van der Waals surface area contributed by atoms with E-state index in [-0.39, 0.29) is 0 Å². The molecule has 134 valence electrons. The Morgan fingerprint density at radius 2 is 2.24 bits per heavy atom. The van der Waals surface area contributed by atoms with Crippen LogP contribution in [-0.2, 0) is 22.6 Å². The van der Waals surface area contributed by atoms with E-state index in [9.17, 15) is 0 Å². The van der Waals surface area contributed by atoms with Crippen molar-refractivity contribution < 1.29 is 13.9 Å². The van der Waals surface area contributed by atoms with E-state index in [4.69, 9.17) is 13.9 Å². The van der Waals surface area contributed by atoms with Crippen LogP contribution in [0.4, 0.5) is 0 Å². The summed E-state index contributed by atoms with van der Waals surface area (Å²) in [5, 5.41) is 0. The van der Waals surface area contributed by atoms with Crippen LogP contribution in [0.3, 0.4) is 0 Å². The molecule has 3 atom stereocenters. The highest BCUT2D eigenvalue weighted by atomic mass is 16.5. The van der Waals surface area contributed by atoms with Crippen molar-refractivity contribution in [2.24, 2.45) is 5.92 Å². The van der Waals surface area contributed by atoms with Crippen molar-refractivity contribution in [3.05, 3.63) is 53.7 Å². The molecule has 1 saturated heterocycles. The van der Waals surface area contributed by atoms with Crippen molar-refractivity contribution in [3.8, 4) is 0 Å². The molecule has 0 aromatic carbocycles. The standard InChI is InChI=1S/C20H26N2O3/c1-15-3-2-4-18(21-15)14-24-13-17-9-19-20(10-17)25-8-6-22(19)11-16-5-7-23-12-16/h2-5,7,12,17,19-20H,6,8-11,13-14H2,1H3/t17-,19-,20+/m0/s1. The lowest BCUT2D eigenvalue weighted by Crippen LogP contribution is -2.47. The van der Waals surface area contributed by atoms with Gasteiger partial charge in [-0.15, -0.1) is 0 Å². The quantitative estimate of drug-likeness (QED) is 0.807. The average molecular weight is 342 g/mol. The Balaban J connectivity index is 1.29. The van der Waals surface area contributed by atoms with Gasteiger partial charge in [0.25, 0.3) is 0 Å². The van der Waals surface area contributed by atoms with Gasteiger partial charge in [0, 0.05) is 30.4 Å². The summed E-state index contributed by atoms with van der Waals surface area (Å²) in [7, 11) is 0. The molecule has 3 heterocycles. The summed E-state index contributed by atoms with van der Waals surface area (Å²) < 4.78 is 17.2. The van der Waals surface area contributed by atoms with Gasteiger partial charge >= 0.3 is 0 Å². The Hall–Kier alpha value is -1.69. The molecule has 1 aliphatic heterocycles. The SMILES string of the molecule is Cc1cccc(COC[C@@H]2C[C@H]3OCCN(Cc4ccoc4)[C@H]3C2)n1. The van der Waals surface area contributed by atoms with E-state index in [0.29, 0.717) is 24.7 Å². The number of hydrogen-bond acceptors (Lipinski definition) is 5. The Kier molecular flexibility index (Phi) is 5.15. The molecule has 1 saturated carbocycles. The molecule has 0 N–H and O–H groups in total. The van der Waals surface area contributed by atoms with Crippen LogP contribution >= 0.6 is 0 Å². The van der Waals surface area contributed by atoms with Crippen LogP contribution in [0.25, 0.3) is 0 Å². The van der Waals surface area contributed by atoms with Crippen LogP contribution < -0.4 is 0 Å². The van der Waals surface area contributed by atoms with E-state index in [1.165, 1.54) is 5.56 Å². The molecular formula is C20H26N2O3. The fourth-order valence-corrected chi connectivity index (χ4v) is 4.09. The van der Waals surface area contributed by atoms with Gasteiger partial charge in [-0.1, -0.05) is 6.07 Å². The van der Waals surface area contributed by atoms with E-state index >= 15 is 0 Å². The van der Waals surface area contributed by atoms with Crippen LogP contribution in [0.2, 0.25) is 0 Å². The molecule has 0 radical (unpaired) electrons. The third kappa shape index (κ3) is 4.11. The van der Waals surface area contributed by atoms with Crippen LogP contribution in [-0.4, -0.2) is 41.8 Å². The van der Waals surface area contributed by atoms with Crippen molar-refractivity contribution in [3.63, 3.8) is 0 Å². The van der Waals surface area contributed by atoms with Crippen LogP contribution in [0.5, 0.6) is 0 Å². The number of nitrogens with zero attached hydrogens (tertiary/aromatic N) is 2. The predicted molar refractivity (Wildman–Crippen MR) is 94.0 cm³/mol. The van der Waals surface area contributed by atoms with Crippen molar-refractivity contribution in [2.75, 3.05) is 19.8 Å². The number of fused-ring (bicyclic) bond motifs is 1. The highest BCUT2D eigenvalue weighted by Crippen LogP contribution is 2.35. The molecular weight excluding hydrogens is 316 g/mol. The maximum atomic E-state index is 6.03. The second-order valence-electron chi connectivity index (χ2n) is 7.20. The predicted octanol–water partition coefficient (Wildman–Crippen LogP) is 3.18. The summed E-state index contributed by atoms with van der Waals surface area (Å²) in [6.07, 6.45) is 6.16. The normalized spacial score (nSPS) is 26.7. The minimum absolute atomic E-state index is 0.339. The van der Waals surface area contributed by atoms with Crippen molar-refractivity contribution in [1.29, 1.82) is 0 Å². The molecule has 0 unspecified atom stereocenters. The minimum Gasteiger partial charge on any atom is -0.472 e. The first-order valence-corrected chi connectivity index (χ1v) is 9.15. The Morgan fingerprint density at radius 3 is 3.08 bits per heavy atom. The highest BCUT2D eigenvalue weighted by molar-refractivity contribution is 5.09. The van der Waals surface area contributed by atoms with Gasteiger partial charge in [-0.3, -0.25) is 9.88 Å². The van der Waals surface area contributed by atoms with Gasteiger partial charge in [-0.25, -0.2) is 0 Å². The van der Waals surface area contributed by atoms with Gasteiger partial charge in [0.2, 0.25) is 0 Å². The molecule has 0 amide bonds. The van der Waals surface area contributed by atoms with Gasteiger partial charge in [0.15, 0.2) is 0 Å². The number of aromatic nitrogens is 1. The second-order valence-corrected chi connectivity index (χ2v) is 7.20. The van der Waals surface area contributed by atoms with E-state index in [0.717, 1.165) is 50.5 Å². The molecule has 4 rings (SSSR count). The molecule has 0 bridgehead atoms. The summed E-state index contributed by atoms with van der Waals surface area (Å²) in [6, 6.07) is 8.62. The molecule has 25 heavy (non-hydrogen) atoms. The van der Waals surface area contributed by atoms with Crippen molar-refractivity contribution in [1.82, 2.24) is 9.88 Å². The summed E-state index contributed by atoms with van der Waals surface area (Å²) >= 11 is 0. The number of aryl methyl sites for hydroxylation is 1. The third-order valence-electron chi connectivity index (χ3n) is 5.26. The smallest absolute Gasteiger partial charge is 0.0947 e. The van der Waals surface area contributed by atoms with Gasteiger partial charge < -0.3 is 13.9 Å². The zero-order valence-corrected chi connectivity index (χ0v) is 14.8. The maximum absolute atomic E-state index is 6.03. The lowest BCUT2D eigenvalue weighted by atomic mass is 10.1. The summed E-state index contributed by atoms with van der Waals surface area (Å²) in [5.41, 5.74) is 3.29. The summed E-state index contributed by atoms with van der Waals surface area (Å²) in [6.45, 7) is 6.14. The number of hydrogen-bond donors (Lipinski definition) is 0. The molecule has 2 aliphatic rings. The first-order valence-electron chi connectivity index (χ1n) is 9.15. The number of ether oxygens (including phenoxy) is 2. The molecule has 5 heteroatoms. The Labute approximate surface area is 148 Å². The van der Waals surface area contributed by atoms with Crippen molar-refractivity contribution in [2.45, 2.75) is 45.1 Å². The van der Waals surface area contributed by atoms with Crippen molar-refractivity contribution >= 4 is 0 Å². The maximum Gasteiger partial charge on any atom is 0.0947 e.